The van der Waals surface area contributed by atoms with Gasteiger partial charge in [-0.3, -0.25) is 4.90 Å². The second-order valence-corrected chi connectivity index (χ2v) is 13.9. The van der Waals surface area contributed by atoms with E-state index < -0.39 is 17.5 Å². The van der Waals surface area contributed by atoms with Crippen molar-refractivity contribution >= 4 is 17.5 Å². The van der Waals surface area contributed by atoms with E-state index in [1.54, 1.807) is 0 Å². The lowest BCUT2D eigenvalue weighted by Gasteiger charge is -2.38. The van der Waals surface area contributed by atoms with Crippen molar-refractivity contribution in [2.75, 3.05) is 39.5 Å². The van der Waals surface area contributed by atoms with Gasteiger partial charge in [0.2, 0.25) is 0 Å². The van der Waals surface area contributed by atoms with Gasteiger partial charge in [-0.2, -0.15) is 0 Å². The average molecular weight is 361 g/mol. The van der Waals surface area contributed by atoms with Crippen molar-refractivity contribution < 1.29 is 8.85 Å². The summed E-state index contributed by atoms with van der Waals surface area (Å²) in [5.74, 6) is 0. The molecule has 6 heteroatoms. The van der Waals surface area contributed by atoms with Gasteiger partial charge in [0.05, 0.1) is 0 Å². The van der Waals surface area contributed by atoms with E-state index in [1.165, 1.54) is 57.3 Å². The van der Waals surface area contributed by atoms with Crippen LogP contribution in [0.5, 0.6) is 0 Å². The molecule has 0 atom stereocenters. The Morgan fingerprint density at radius 1 is 0.870 bits per heavy atom. The van der Waals surface area contributed by atoms with Crippen LogP contribution in [0, 0.1) is 0 Å². The van der Waals surface area contributed by atoms with Gasteiger partial charge < -0.3 is 13.4 Å². The van der Waals surface area contributed by atoms with Crippen LogP contribution >= 0.6 is 0 Å². The van der Waals surface area contributed by atoms with Crippen LogP contribution in [0.2, 0.25) is 24.2 Å². The van der Waals surface area contributed by atoms with Crippen molar-refractivity contribution in [2.24, 2.45) is 0 Å². The SMILES string of the molecule is CCO[SiH](CCCCN1CCN([Si](CC)(CC)CC)C1)OCC. The van der Waals surface area contributed by atoms with E-state index >= 15 is 0 Å². The van der Waals surface area contributed by atoms with Crippen LogP contribution in [-0.2, 0) is 8.85 Å². The average Bonchev–Trinajstić information content (AvgIpc) is 3.03. The minimum atomic E-state index is -1.38. The molecule has 0 radical (unpaired) electrons. The lowest BCUT2D eigenvalue weighted by atomic mass is 10.3. The molecular weight excluding hydrogens is 320 g/mol. The molecule has 1 fully saturated rings. The first kappa shape index (κ1) is 21.3. The monoisotopic (exact) mass is 360 g/mol. The van der Waals surface area contributed by atoms with Crippen LogP contribution < -0.4 is 0 Å². The highest BCUT2D eigenvalue weighted by Gasteiger charge is 2.37. The standard InChI is InChI=1S/C17H40N2O2Si2/c1-6-20-22(21-7-2)16-12-11-13-18-14-15-19(17-18)23(8-3,9-4)10-5/h22H,6-17H2,1-5H3. The second-order valence-electron chi connectivity index (χ2n) is 6.64. The van der Waals surface area contributed by atoms with E-state index in [0.29, 0.717) is 0 Å². The Labute approximate surface area is 147 Å². The molecule has 0 N–H and O–H groups in total. The molecule has 1 aliphatic heterocycles. The summed E-state index contributed by atoms with van der Waals surface area (Å²) in [6.07, 6.45) is 2.54. The Morgan fingerprint density at radius 2 is 1.48 bits per heavy atom. The van der Waals surface area contributed by atoms with Crippen molar-refractivity contribution in [3.05, 3.63) is 0 Å². The first-order valence-electron chi connectivity index (χ1n) is 9.86. The van der Waals surface area contributed by atoms with Gasteiger partial charge in [0.1, 0.15) is 8.24 Å². The van der Waals surface area contributed by atoms with E-state index in [1.807, 2.05) is 0 Å². The molecule has 0 unspecified atom stereocenters. The molecule has 4 nitrogen and oxygen atoms in total. The maximum atomic E-state index is 5.76. The molecule has 0 saturated carbocycles. The van der Waals surface area contributed by atoms with Gasteiger partial charge in [-0.15, -0.1) is 0 Å². The van der Waals surface area contributed by atoms with E-state index in [-0.39, 0.29) is 0 Å². The number of hydrogen-bond donors (Lipinski definition) is 0. The maximum Gasteiger partial charge on any atom is 0.321 e. The third-order valence-corrected chi connectivity index (χ3v) is 13.5. The highest BCUT2D eigenvalue weighted by atomic mass is 28.3. The maximum absolute atomic E-state index is 5.76. The molecule has 0 spiro atoms. The van der Waals surface area contributed by atoms with Crippen LogP contribution in [0.25, 0.3) is 0 Å². The van der Waals surface area contributed by atoms with Gasteiger partial charge in [-0.05, 0) is 51.0 Å². The summed E-state index contributed by atoms with van der Waals surface area (Å²) >= 11 is 0. The molecule has 0 aromatic rings. The zero-order valence-electron chi connectivity index (χ0n) is 16.3. The Hall–Kier alpha value is 0.274. The summed E-state index contributed by atoms with van der Waals surface area (Å²) in [4.78, 5) is 2.67. The van der Waals surface area contributed by atoms with Crippen molar-refractivity contribution in [3.63, 3.8) is 0 Å². The van der Waals surface area contributed by atoms with Gasteiger partial charge in [0, 0.05) is 33.0 Å². The smallest absolute Gasteiger partial charge is 0.321 e. The number of hydrogen-bond acceptors (Lipinski definition) is 4. The molecule has 0 aromatic carbocycles. The fourth-order valence-corrected chi connectivity index (χ4v) is 9.58. The van der Waals surface area contributed by atoms with Crippen LogP contribution in [0.4, 0.5) is 0 Å². The third kappa shape index (κ3) is 6.59. The first-order valence-corrected chi connectivity index (χ1v) is 14.2. The van der Waals surface area contributed by atoms with Crippen molar-refractivity contribution in [1.29, 1.82) is 0 Å². The van der Waals surface area contributed by atoms with Crippen LogP contribution in [-0.4, -0.2) is 66.5 Å². The molecule has 0 aromatic heterocycles. The van der Waals surface area contributed by atoms with Crippen LogP contribution in [0.1, 0.15) is 47.5 Å². The molecular formula is C17H40N2O2Si2. The Bertz CT molecular complexity index is 290. The predicted octanol–water partition coefficient (Wildman–Crippen LogP) is 3.64. The van der Waals surface area contributed by atoms with Crippen molar-refractivity contribution in [3.8, 4) is 0 Å². The van der Waals surface area contributed by atoms with Gasteiger partial charge >= 0.3 is 9.28 Å². The number of rotatable bonds is 13. The van der Waals surface area contributed by atoms with Gasteiger partial charge in [-0.25, -0.2) is 0 Å². The lowest BCUT2D eigenvalue weighted by molar-refractivity contribution is 0.211. The lowest BCUT2D eigenvalue weighted by Crippen LogP contribution is -2.51. The fourth-order valence-electron chi connectivity index (χ4n) is 3.87. The van der Waals surface area contributed by atoms with Crippen molar-refractivity contribution in [2.45, 2.75) is 71.6 Å². The van der Waals surface area contributed by atoms with Crippen LogP contribution in [0.3, 0.4) is 0 Å². The molecule has 1 aliphatic rings. The first-order chi connectivity index (χ1) is 11.2. The van der Waals surface area contributed by atoms with Gasteiger partial charge in [0.25, 0.3) is 0 Å². The minimum Gasteiger partial charge on any atom is -0.397 e. The Balaban J connectivity index is 2.27. The topological polar surface area (TPSA) is 24.9 Å². The van der Waals surface area contributed by atoms with E-state index in [4.69, 9.17) is 8.85 Å². The zero-order valence-corrected chi connectivity index (χ0v) is 18.4. The molecule has 23 heavy (non-hydrogen) atoms. The second kappa shape index (κ2) is 11.8. The molecule has 0 bridgehead atoms. The fraction of sp³-hybridized carbons (Fsp3) is 1.00. The van der Waals surface area contributed by atoms with Crippen LogP contribution in [0.15, 0.2) is 0 Å². The van der Waals surface area contributed by atoms with E-state index in [0.717, 1.165) is 19.3 Å². The minimum absolute atomic E-state index is 0.801. The third-order valence-electron chi connectivity index (χ3n) is 5.57. The Morgan fingerprint density at radius 3 is 2.00 bits per heavy atom. The summed E-state index contributed by atoms with van der Waals surface area (Å²) in [5.41, 5.74) is 0. The summed E-state index contributed by atoms with van der Waals surface area (Å²) in [6, 6.07) is 5.38. The quantitative estimate of drug-likeness (QED) is 0.370. The predicted molar refractivity (Wildman–Crippen MR) is 105 cm³/mol. The molecule has 1 saturated heterocycles. The number of nitrogens with zero attached hydrogens (tertiary/aromatic N) is 2. The summed E-state index contributed by atoms with van der Waals surface area (Å²) in [6.45, 7) is 18.0. The molecule has 0 aliphatic carbocycles. The molecule has 1 rings (SSSR count). The number of unbranched alkanes of at least 4 members (excludes halogenated alkanes) is 1. The molecule has 0 amide bonds. The van der Waals surface area contributed by atoms with Gasteiger partial charge in [-0.1, -0.05) is 27.2 Å². The Kier molecular flexibility index (Phi) is 10.9. The summed E-state index contributed by atoms with van der Waals surface area (Å²) in [5, 5.41) is 0. The highest BCUT2D eigenvalue weighted by Crippen LogP contribution is 2.27. The van der Waals surface area contributed by atoms with E-state index in [9.17, 15) is 0 Å². The highest BCUT2D eigenvalue weighted by molar-refractivity contribution is 6.77. The van der Waals surface area contributed by atoms with E-state index in [2.05, 4.69) is 44.1 Å². The molecule has 1 heterocycles. The van der Waals surface area contributed by atoms with Gasteiger partial charge in [0.15, 0.2) is 0 Å². The zero-order chi connectivity index (χ0) is 17.1. The largest absolute Gasteiger partial charge is 0.397 e. The summed E-state index contributed by atoms with van der Waals surface area (Å²) in [7, 11) is -2.53. The normalized spacial score (nSPS) is 17.5. The van der Waals surface area contributed by atoms with Crippen molar-refractivity contribution in [1.82, 2.24) is 9.47 Å². The summed E-state index contributed by atoms with van der Waals surface area (Å²) < 4.78 is 14.4. The molecule has 138 valence electrons.